The molecule has 0 saturated carbocycles. The molecule has 0 atom stereocenters. The molecule has 0 unspecified atom stereocenters. The van der Waals surface area contributed by atoms with Crippen LogP contribution in [-0.2, 0) is 9.53 Å². The van der Waals surface area contributed by atoms with E-state index in [4.69, 9.17) is 4.74 Å². The summed E-state index contributed by atoms with van der Waals surface area (Å²) in [6.45, 7) is 3.29. The summed E-state index contributed by atoms with van der Waals surface area (Å²) in [6.07, 6.45) is 9.70. The zero-order valence-electron chi connectivity index (χ0n) is 10.1. The van der Waals surface area contributed by atoms with Gasteiger partial charge in [-0.1, -0.05) is 31.9 Å². The lowest BCUT2D eigenvalue weighted by Crippen LogP contribution is -2.35. The average Bonchev–Trinajstić information content (AvgIpc) is 2.30. The molecule has 0 aliphatic carbocycles. The lowest BCUT2D eigenvalue weighted by atomic mass is 9.80. The van der Waals surface area contributed by atoms with Gasteiger partial charge in [-0.05, 0) is 25.7 Å². The van der Waals surface area contributed by atoms with Gasteiger partial charge < -0.3 is 9.84 Å². The fraction of sp³-hybridized carbons (Fsp3) is 0.769. The highest BCUT2D eigenvalue weighted by Crippen LogP contribution is 2.32. The Balaban J connectivity index is 2.47. The van der Waals surface area contributed by atoms with Gasteiger partial charge in [-0.25, -0.2) is 0 Å². The highest BCUT2D eigenvalue weighted by molar-refractivity contribution is 5.77. The first kappa shape index (κ1) is 13.2. The van der Waals surface area contributed by atoms with Crippen molar-refractivity contribution in [1.82, 2.24) is 0 Å². The van der Waals surface area contributed by atoms with Gasteiger partial charge in [-0.3, -0.25) is 4.79 Å². The molecule has 1 saturated heterocycles. The van der Waals surface area contributed by atoms with Gasteiger partial charge in [-0.15, -0.1) is 0 Å². The van der Waals surface area contributed by atoms with Crippen LogP contribution in [0.15, 0.2) is 12.2 Å². The molecule has 0 aromatic carbocycles. The summed E-state index contributed by atoms with van der Waals surface area (Å²) < 4.78 is 5.22. The lowest BCUT2D eigenvalue weighted by Gasteiger charge is -2.30. The number of unbranched alkanes of at least 4 members (excludes halogenated alkanes) is 3. The highest BCUT2D eigenvalue weighted by Gasteiger charge is 2.37. The van der Waals surface area contributed by atoms with Crippen molar-refractivity contribution in [2.24, 2.45) is 5.41 Å². The Morgan fingerprint density at radius 2 is 2.06 bits per heavy atom. The van der Waals surface area contributed by atoms with Crippen molar-refractivity contribution in [3.63, 3.8) is 0 Å². The SMILES string of the molecule is CCCCC/C=C/C1(C(=O)O)CCOCC1. The van der Waals surface area contributed by atoms with E-state index in [1.807, 2.05) is 12.2 Å². The third kappa shape index (κ3) is 3.63. The molecule has 1 rings (SSSR count). The Kier molecular flexibility index (Phi) is 5.53. The molecule has 1 heterocycles. The van der Waals surface area contributed by atoms with Crippen LogP contribution in [0, 0.1) is 5.41 Å². The van der Waals surface area contributed by atoms with E-state index in [0.717, 1.165) is 12.8 Å². The van der Waals surface area contributed by atoms with E-state index < -0.39 is 11.4 Å². The van der Waals surface area contributed by atoms with Gasteiger partial charge in [0.1, 0.15) is 0 Å². The first-order valence-electron chi connectivity index (χ1n) is 6.20. The van der Waals surface area contributed by atoms with Crippen LogP contribution in [0.3, 0.4) is 0 Å². The van der Waals surface area contributed by atoms with E-state index in [-0.39, 0.29) is 0 Å². The minimum absolute atomic E-state index is 0.561. The van der Waals surface area contributed by atoms with Crippen LogP contribution in [0.1, 0.15) is 45.4 Å². The van der Waals surface area contributed by atoms with Gasteiger partial charge in [0.05, 0.1) is 5.41 Å². The van der Waals surface area contributed by atoms with Gasteiger partial charge in [0.2, 0.25) is 0 Å². The predicted octanol–water partition coefficient (Wildman–Crippen LogP) is 3.00. The molecular formula is C13H22O3. The summed E-state index contributed by atoms with van der Waals surface area (Å²) in [4.78, 5) is 11.3. The molecule has 92 valence electrons. The first-order valence-corrected chi connectivity index (χ1v) is 6.20. The number of allylic oxidation sites excluding steroid dienone is 1. The van der Waals surface area contributed by atoms with Crippen LogP contribution in [0.5, 0.6) is 0 Å². The number of carboxylic acids is 1. The zero-order valence-corrected chi connectivity index (χ0v) is 10.1. The predicted molar refractivity (Wildman–Crippen MR) is 63.4 cm³/mol. The second-order valence-electron chi connectivity index (χ2n) is 4.47. The molecule has 0 aromatic rings. The fourth-order valence-electron chi connectivity index (χ4n) is 2.01. The Labute approximate surface area is 97.5 Å². The molecule has 1 fully saturated rings. The molecule has 0 bridgehead atoms. The number of hydrogen-bond donors (Lipinski definition) is 1. The van der Waals surface area contributed by atoms with Crippen LogP contribution >= 0.6 is 0 Å². The summed E-state index contributed by atoms with van der Waals surface area (Å²) in [5, 5.41) is 9.28. The molecule has 0 spiro atoms. The van der Waals surface area contributed by atoms with Crippen molar-refractivity contribution in [2.45, 2.75) is 45.4 Å². The third-order valence-electron chi connectivity index (χ3n) is 3.22. The molecule has 16 heavy (non-hydrogen) atoms. The van der Waals surface area contributed by atoms with Crippen molar-refractivity contribution in [3.05, 3.63) is 12.2 Å². The van der Waals surface area contributed by atoms with E-state index in [2.05, 4.69) is 6.92 Å². The maximum absolute atomic E-state index is 11.3. The number of carbonyl (C=O) groups is 1. The molecule has 3 nitrogen and oxygen atoms in total. The molecule has 3 heteroatoms. The third-order valence-corrected chi connectivity index (χ3v) is 3.22. The van der Waals surface area contributed by atoms with Gasteiger partial charge >= 0.3 is 5.97 Å². The number of carboxylic acid groups (broad SMARTS) is 1. The van der Waals surface area contributed by atoms with Crippen molar-refractivity contribution in [1.29, 1.82) is 0 Å². The number of ether oxygens (including phenoxy) is 1. The Bertz CT molecular complexity index is 240. The molecule has 0 aromatic heterocycles. The summed E-state index contributed by atoms with van der Waals surface area (Å²) in [7, 11) is 0. The lowest BCUT2D eigenvalue weighted by molar-refractivity contribution is -0.150. The standard InChI is InChI=1S/C13H22O3/c1-2-3-4-5-6-7-13(12(14)15)8-10-16-11-9-13/h6-7H,2-5,8-11H2,1H3,(H,14,15)/b7-6+. The van der Waals surface area contributed by atoms with Crippen molar-refractivity contribution in [3.8, 4) is 0 Å². The molecule has 1 aliphatic rings. The number of hydrogen-bond acceptors (Lipinski definition) is 2. The van der Waals surface area contributed by atoms with Gasteiger partial charge in [-0.2, -0.15) is 0 Å². The number of rotatable bonds is 6. The molecule has 1 aliphatic heterocycles. The molecule has 0 radical (unpaired) electrons. The summed E-state index contributed by atoms with van der Waals surface area (Å²) in [6, 6.07) is 0. The summed E-state index contributed by atoms with van der Waals surface area (Å²) in [5.74, 6) is -0.706. The smallest absolute Gasteiger partial charge is 0.313 e. The number of aliphatic carboxylic acids is 1. The van der Waals surface area contributed by atoms with E-state index >= 15 is 0 Å². The van der Waals surface area contributed by atoms with Gasteiger partial charge in [0, 0.05) is 13.2 Å². The van der Waals surface area contributed by atoms with E-state index in [1.165, 1.54) is 12.8 Å². The van der Waals surface area contributed by atoms with Crippen molar-refractivity contribution in [2.75, 3.05) is 13.2 Å². The Hall–Kier alpha value is -0.830. The Morgan fingerprint density at radius 3 is 2.62 bits per heavy atom. The monoisotopic (exact) mass is 226 g/mol. The minimum Gasteiger partial charge on any atom is -0.481 e. The minimum atomic E-state index is -0.706. The van der Waals surface area contributed by atoms with E-state index in [9.17, 15) is 9.90 Å². The van der Waals surface area contributed by atoms with E-state index in [0.29, 0.717) is 26.1 Å². The van der Waals surface area contributed by atoms with Crippen molar-refractivity contribution >= 4 is 5.97 Å². The maximum Gasteiger partial charge on any atom is 0.313 e. The topological polar surface area (TPSA) is 46.5 Å². The van der Waals surface area contributed by atoms with Crippen LogP contribution < -0.4 is 0 Å². The zero-order chi connectivity index (χ0) is 11.9. The fourth-order valence-corrected chi connectivity index (χ4v) is 2.01. The maximum atomic E-state index is 11.3. The first-order chi connectivity index (χ1) is 7.71. The average molecular weight is 226 g/mol. The van der Waals surface area contributed by atoms with Gasteiger partial charge in [0.25, 0.3) is 0 Å². The molecule has 0 amide bonds. The van der Waals surface area contributed by atoms with Crippen LogP contribution in [0.2, 0.25) is 0 Å². The van der Waals surface area contributed by atoms with Crippen molar-refractivity contribution < 1.29 is 14.6 Å². The highest BCUT2D eigenvalue weighted by atomic mass is 16.5. The van der Waals surface area contributed by atoms with Crippen LogP contribution in [0.25, 0.3) is 0 Å². The van der Waals surface area contributed by atoms with Crippen LogP contribution in [-0.4, -0.2) is 24.3 Å². The second kappa shape index (κ2) is 6.69. The normalized spacial score (nSPS) is 20.1. The molecular weight excluding hydrogens is 204 g/mol. The summed E-state index contributed by atoms with van der Waals surface area (Å²) in [5.41, 5.74) is -0.662. The summed E-state index contributed by atoms with van der Waals surface area (Å²) >= 11 is 0. The quantitative estimate of drug-likeness (QED) is 0.559. The van der Waals surface area contributed by atoms with E-state index in [1.54, 1.807) is 0 Å². The largest absolute Gasteiger partial charge is 0.481 e. The Morgan fingerprint density at radius 1 is 1.38 bits per heavy atom. The molecule has 1 N–H and O–H groups in total. The second-order valence-corrected chi connectivity index (χ2v) is 4.47. The van der Waals surface area contributed by atoms with Gasteiger partial charge in [0.15, 0.2) is 0 Å². The van der Waals surface area contributed by atoms with Crippen LogP contribution in [0.4, 0.5) is 0 Å².